The van der Waals surface area contributed by atoms with Gasteiger partial charge in [-0.1, -0.05) is 0 Å². The van der Waals surface area contributed by atoms with Gasteiger partial charge >= 0.3 is 0 Å². The van der Waals surface area contributed by atoms with Gasteiger partial charge in [-0.3, -0.25) is 5.41 Å². The van der Waals surface area contributed by atoms with Crippen LogP contribution >= 0.6 is 0 Å². The molecular weight excluding hydrogens is 130 g/mol. The van der Waals surface area contributed by atoms with E-state index in [0.29, 0.717) is 5.96 Å². The molecule has 58 valence electrons. The minimum atomic E-state index is 0.0183. The average Bonchev–Trinajstić information content (AvgIpc) is 1.82. The first kappa shape index (κ1) is 8.74. The summed E-state index contributed by atoms with van der Waals surface area (Å²) < 4.78 is 0. The zero-order valence-corrected chi connectivity index (χ0v) is 6.26. The van der Waals surface area contributed by atoms with Crippen LogP contribution in [0.5, 0.6) is 0 Å². The summed E-state index contributed by atoms with van der Waals surface area (Å²) >= 11 is 0. The number of hydrogen-bond acceptors (Lipinski definition) is 2. The van der Waals surface area contributed by atoms with E-state index < -0.39 is 0 Å². The lowest BCUT2D eigenvalue weighted by Crippen LogP contribution is -2.31. The van der Waals surface area contributed by atoms with Crippen molar-refractivity contribution in [2.75, 3.05) is 20.6 Å². The fourth-order valence-corrected chi connectivity index (χ4v) is 0.308. The van der Waals surface area contributed by atoms with Crippen molar-refractivity contribution in [3.05, 3.63) is 0 Å². The molecule has 0 fully saturated rings. The fraction of sp³-hybridized carbons (Fsp3) is 0.600. The van der Waals surface area contributed by atoms with Gasteiger partial charge in [0.2, 0.25) is 0 Å². The van der Waals surface area contributed by atoms with E-state index in [1.807, 2.05) is 0 Å². The average molecular weight is 143 g/mol. The van der Waals surface area contributed by atoms with Gasteiger partial charge in [-0.2, -0.15) is 0 Å². The van der Waals surface area contributed by atoms with Crippen LogP contribution in [-0.4, -0.2) is 37.3 Å². The SMILES string of the molecule is CN(C)C(N)=NCC(=N)N. The minimum Gasteiger partial charge on any atom is -0.386 e. The van der Waals surface area contributed by atoms with Crippen LogP contribution in [0.25, 0.3) is 0 Å². The van der Waals surface area contributed by atoms with Gasteiger partial charge < -0.3 is 16.4 Å². The smallest absolute Gasteiger partial charge is 0.191 e. The monoisotopic (exact) mass is 143 g/mol. The number of nitrogens with one attached hydrogen (secondary N) is 1. The summed E-state index contributed by atoms with van der Waals surface area (Å²) in [6.45, 7) is 0.171. The van der Waals surface area contributed by atoms with Gasteiger partial charge in [-0.15, -0.1) is 0 Å². The third kappa shape index (κ3) is 3.71. The van der Waals surface area contributed by atoms with E-state index >= 15 is 0 Å². The number of hydrogen-bond donors (Lipinski definition) is 3. The van der Waals surface area contributed by atoms with Crippen LogP contribution in [0.1, 0.15) is 0 Å². The normalized spacial score (nSPS) is 11.2. The molecule has 5 nitrogen and oxygen atoms in total. The van der Waals surface area contributed by atoms with Crippen LogP contribution in [-0.2, 0) is 0 Å². The lowest BCUT2D eigenvalue weighted by molar-refractivity contribution is 0.612. The van der Waals surface area contributed by atoms with Crippen molar-refractivity contribution in [1.82, 2.24) is 4.90 Å². The summed E-state index contributed by atoms with van der Waals surface area (Å²) in [5, 5.41) is 6.83. The van der Waals surface area contributed by atoms with Crippen LogP contribution in [0.4, 0.5) is 0 Å². The molecule has 0 aliphatic heterocycles. The number of nitrogens with two attached hydrogens (primary N) is 2. The van der Waals surface area contributed by atoms with Crippen LogP contribution in [0.15, 0.2) is 4.99 Å². The lowest BCUT2D eigenvalue weighted by atomic mass is 10.6. The summed E-state index contributed by atoms with van der Waals surface area (Å²) in [6, 6.07) is 0. The van der Waals surface area contributed by atoms with Gasteiger partial charge in [0.05, 0.1) is 6.54 Å². The third-order valence-electron chi connectivity index (χ3n) is 0.870. The van der Waals surface area contributed by atoms with Gasteiger partial charge in [-0.25, -0.2) is 4.99 Å². The quantitative estimate of drug-likeness (QED) is 0.335. The summed E-state index contributed by atoms with van der Waals surface area (Å²) in [7, 11) is 3.55. The molecule has 0 heterocycles. The molecule has 0 aromatic carbocycles. The molecule has 5 heteroatoms. The molecule has 5 N–H and O–H groups in total. The van der Waals surface area contributed by atoms with Crippen LogP contribution < -0.4 is 11.5 Å². The number of rotatable bonds is 2. The van der Waals surface area contributed by atoms with Crippen LogP contribution in [0.2, 0.25) is 0 Å². The molecule has 0 radical (unpaired) electrons. The van der Waals surface area contributed by atoms with E-state index in [9.17, 15) is 0 Å². The van der Waals surface area contributed by atoms with Crippen molar-refractivity contribution in [2.45, 2.75) is 0 Å². The van der Waals surface area contributed by atoms with Crippen molar-refractivity contribution in [1.29, 1.82) is 5.41 Å². The molecule has 0 aliphatic carbocycles. The van der Waals surface area contributed by atoms with Gasteiger partial charge in [0.1, 0.15) is 5.84 Å². The summed E-state index contributed by atoms with van der Waals surface area (Å²) in [5.41, 5.74) is 10.4. The Morgan fingerprint density at radius 1 is 1.50 bits per heavy atom. The number of guanidine groups is 1. The second-order valence-electron chi connectivity index (χ2n) is 2.09. The highest BCUT2D eigenvalue weighted by atomic mass is 15.2. The number of nitrogens with zero attached hydrogens (tertiary/aromatic N) is 2. The van der Waals surface area contributed by atoms with E-state index in [2.05, 4.69) is 4.99 Å². The fourth-order valence-electron chi connectivity index (χ4n) is 0.308. The highest BCUT2D eigenvalue weighted by molar-refractivity contribution is 5.84. The largest absolute Gasteiger partial charge is 0.386 e. The molecule has 0 unspecified atom stereocenters. The Labute approximate surface area is 60.2 Å². The predicted octanol–water partition coefficient (Wildman–Crippen LogP) is -1.20. The number of amidine groups is 1. The molecule has 0 amide bonds. The molecule has 0 aromatic rings. The Bertz CT molecular complexity index is 148. The van der Waals surface area contributed by atoms with Crippen molar-refractivity contribution in [2.24, 2.45) is 16.5 Å². The Balaban J connectivity index is 3.80. The molecule has 0 aliphatic rings. The maximum Gasteiger partial charge on any atom is 0.191 e. The Morgan fingerprint density at radius 2 is 2.00 bits per heavy atom. The third-order valence-corrected chi connectivity index (χ3v) is 0.870. The maximum atomic E-state index is 6.83. The maximum absolute atomic E-state index is 6.83. The molecule has 0 bridgehead atoms. The first-order valence-electron chi connectivity index (χ1n) is 2.84. The van der Waals surface area contributed by atoms with E-state index in [0.717, 1.165) is 0 Å². The highest BCUT2D eigenvalue weighted by Gasteiger charge is 1.92. The highest BCUT2D eigenvalue weighted by Crippen LogP contribution is 1.75. The van der Waals surface area contributed by atoms with Crippen molar-refractivity contribution in [3.63, 3.8) is 0 Å². The van der Waals surface area contributed by atoms with Gasteiger partial charge in [0, 0.05) is 14.1 Å². The molecule has 0 aromatic heterocycles. The van der Waals surface area contributed by atoms with E-state index in [1.54, 1.807) is 19.0 Å². The molecule has 0 saturated carbocycles. The molecular formula is C5H13N5. The first-order chi connectivity index (χ1) is 4.54. The molecule has 0 saturated heterocycles. The summed E-state index contributed by atoms with van der Waals surface area (Å²) in [4.78, 5) is 5.45. The molecule has 0 rings (SSSR count). The summed E-state index contributed by atoms with van der Waals surface area (Å²) in [6.07, 6.45) is 0. The summed E-state index contributed by atoms with van der Waals surface area (Å²) in [5.74, 6) is 0.403. The number of aliphatic imine (C=N–C) groups is 1. The van der Waals surface area contributed by atoms with Crippen LogP contribution in [0, 0.1) is 5.41 Å². The first-order valence-corrected chi connectivity index (χ1v) is 2.84. The van der Waals surface area contributed by atoms with Crippen molar-refractivity contribution >= 4 is 11.8 Å². The molecule has 0 spiro atoms. The Morgan fingerprint density at radius 3 is 2.30 bits per heavy atom. The molecule has 10 heavy (non-hydrogen) atoms. The van der Waals surface area contributed by atoms with Gasteiger partial charge in [0.25, 0.3) is 0 Å². The lowest BCUT2D eigenvalue weighted by Gasteiger charge is -2.09. The zero-order chi connectivity index (χ0) is 8.15. The van der Waals surface area contributed by atoms with Crippen molar-refractivity contribution in [3.8, 4) is 0 Å². The van der Waals surface area contributed by atoms with Gasteiger partial charge in [0.15, 0.2) is 5.96 Å². The van der Waals surface area contributed by atoms with Gasteiger partial charge in [-0.05, 0) is 0 Å². The minimum absolute atomic E-state index is 0.0183. The Kier molecular flexibility index (Phi) is 3.24. The van der Waals surface area contributed by atoms with E-state index in [1.165, 1.54) is 0 Å². The van der Waals surface area contributed by atoms with Crippen molar-refractivity contribution < 1.29 is 0 Å². The zero-order valence-electron chi connectivity index (χ0n) is 6.26. The van der Waals surface area contributed by atoms with E-state index in [4.69, 9.17) is 16.9 Å². The van der Waals surface area contributed by atoms with Crippen LogP contribution in [0.3, 0.4) is 0 Å². The second kappa shape index (κ2) is 3.71. The molecule has 0 atom stereocenters. The predicted molar refractivity (Wildman–Crippen MR) is 42.1 cm³/mol. The topological polar surface area (TPSA) is 91.5 Å². The Hall–Kier alpha value is -1.26. The van der Waals surface area contributed by atoms with E-state index in [-0.39, 0.29) is 12.4 Å². The second-order valence-corrected chi connectivity index (χ2v) is 2.09. The standard InChI is InChI=1S/C5H13N5/c1-10(2)5(8)9-3-4(6)7/h3H2,1-2H3,(H3,6,7)(H2,8,9).